The lowest BCUT2D eigenvalue weighted by Gasteiger charge is -2.21. The summed E-state index contributed by atoms with van der Waals surface area (Å²) in [5.41, 5.74) is 0.706. The van der Waals surface area contributed by atoms with Crippen molar-refractivity contribution in [2.45, 2.75) is 37.2 Å². The molecule has 6 heteroatoms. The highest BCUT2D eigenvalue weighted by Crippen LogP contribution is 2.31. The number of ether oxygens (including phenoxy) is 1. The second-order valence-corrected chi connectivity index (χ2v) is 6.86. The molecule has 1 aromatic rings. The van der Waals surface area contributed by atoms with Crippen LogP contribution in [-0.2, 0) is 9.53 Å². The fourth-order valence-corrected chi connectivity index (χ4v) is 2.80. The number of benzene rings is 1. The highest BCUT2D eigenvalue weighted by Gasteiger charge is 2.31. The van der Waals surface area contributed by atoms with E-state index in [4.69, 9.17) is 16.3 Å². The Bertz CT molecular complexity index is 514. The third-order valence-corrected chi connectivity index (χ3v) is 4.86. The molecule has 1 unspecified atom stereocenters. The minimum atomic E-state index is -0.467. The molecule has 116 valence electrons. The van der Waals surface area contributed by atoms with Crippen molar-refractivity contribution in [2.24, 2.45) is 0 Å². The maximum absolute atomic E-state index is 13.6. The minimum absolute atomic E-state index is 0.00628. The van der Waals surface area contributed by atoms with E-state index in [9.17, 15) is 9.18 Å². The quantitative estimate of drug-likeness (QED) is 0.896. The number of hydrogen-bond acceptors (Lipinski definition) is 3. The average molecular weight is 332 g/mol. The van der Waals surface area contributed by atoms with Crippen LogP contribution < -0.4 is 5.32 Å². The monoisotopic (exact) mass is 331 g/mol. The molecule has 3 nitrogen and oxygen atoms in total. The Labute approximate surface area is 133 Å². The molecule has 1 fully saturated rings. The van der Waals surface area contributed by atoms with Crippen LogP contribution in [0.3, 0.4) is 0 Å². The lowest BCUT2D eigenvalue weighted by atomic mass is 10.0. The number of thioether (sulfide) groups is 1. The summed E-state index contributed by atoms with van der Waals surface area (Å²) in [6, 6.07) is 4.52. The number of halogens is 2. The third-order valence-electron chi connectivity index (χ3n) is 3.59. The summed E-state index contributed by atoms with van der Waals surface area (Å²) >= 11 is 7.35. The van der Waals surface area contributed by atoms with E-state index in [1.54, 1.807) is 17.8 Å². The van der Waals surface area contributed by atoms with Crippen molar-refractivity contribution in [3.63, 3.8) is 0 Å². The van der Waals surface area contributed by atoms with Gasteiger partial charge in [-0.15, -0.1) is 0 Å². The Hall–Kier alpha value is -0.780. The first kappa shape index (κ1) is 16.6. The van der Waals surface area contributed by atoms with E-state index in [1.807, 2.05) is 13.2 Å². The van der Waals surface area contributed by atoms with Gasteiger partial charge >= 0.3 is 0 Å². The van der Waals surface area contributed by atoms with Crippen molar-refractivity contribution in [2.75, 3.05) is 12.9 Å². The molecule has 0 saturated carbocycles. The Morgan fingerprint density at radius 1 is 1.62 bits per heavy atom. The van der Waals surface area contributed by atoms with Crippen molar-refractivity contribution in [3.8, 4) is 0 Å². The van der Waals surface area contributed by atoms with Crippen LogP contribution in [0.25, 0.3) is 0 Å². The third kappa shape index (κ3) is 4.34. The largest absolute Gasteiger partial charge is 0.371 e. The van der Waals surface area contributed by atoms with Crippen LogP contribution in [-0.4, -0.2) is 30.1 Å². The van der Waals surface area contributed by atoms with Gasteiger partial charge in [0.05, 0.1) is 11.1 Å². The molecule has 1 aliphatic rings. The Morgan fingerprint density at radius 3 is 3.05 bits per heavy atom. The maximum Gasteiger partial charge on any atom is 0.221 e. The van der Waals surface area contributed by atoms with Crippen LogP contribution in [0.4, 0.5) is 4.39 Å². The lowest BCUT2D eigenvalue weighted by Crippen LogP contribution is -2.37. The molecule has 0 aromatic heterocycles. The van der Waals surface area contributed by atoms with E-state index in [2.05, 4.69) is 5.32 Å². The van der Waals surface area contributed by atoms with Gasteiger partial charge in [-0.05, 0) is 30.4 Å². The van der Waals surface area contributed by atoms with E-state index in [-0.39, 0.29) is 28.3 Å². The molecule has 21 heavy (non-hydrogen) atoms. The van der Waals surface area contributed by atoms with Gasteiger partial charge in [-0.25, -0.2) is 4.39 Å². The Kier molecular flexibility index (Phi) is 5.90. The normalized spacial score (nSPS) is 23.0. The van der Waals surface area contributed by atoms with Crippen LogP contribution in [0.5, 0.6) is 0 Å². The summed E-state index contributed by atoms with van der Waals surface area (Å²) in [7, 11) is 0. The number of rotatable bonds is 5. The van der Waals surface area contributed by atoms with Crippen LogP contribution in [0.1, 0.15) is 31.4 Å². The molecule has 0 aliphatic carbocycles. The van der Waals surface area contributed by atoms with E-state index >= 15 is 0 Å². The molecular weight excluding hydrogens is 313 g/mol. The first-order valence-electron chi connectivity index (χ1n) is 6.90. The van der Waals surface area contributed by atoms with Gasteiger partial charge in [0.1, 0.15) is 11.9 Å². The lowest BCUT2D eigenvalue weighted by molar-refractivity contribution is -0.122. The van der Waals surface area contributed by atoms with Crippen LogP contribution in [0, 0.1) is 5.82 Å². The molecule has 1 N–H and O–H groups in total. The molecule has 1 heterocycles. The molecule has 1 saturated heterocycles. The summed E-state index contributed by atoms with van der Waals surface area (Å²) in [6.07, 6.45) is 2.87. The van der Waals surface area contributed by atoms with Crippen LogP contribution in [0.2, 0.25) is 5.02 Å². The number of carbonyl (C=O) groups is 1. The zero-order valence-electron chi connectivity index (χ0n) is 12.1. The number of carbonyl (C=O) groups excluding carboxylic acids is 1. The van der Waals surface area contributed by atoms with Gasteiger partial charge < -0.3 is 10.1 Å². The standard InChI is InChI=1S/C15H19ClFNO2S/c1-9(21-2)7-14(19)18-13-5-6-20-15(13)10-3-4-11(16)12(17)8-10/h3-4,8-9,13,15H,5-7H2,1-2H3,(H,18,19)/t9?,13-,15+/m1/s1. The summed E-state index contributed by atoms with van der Waals surface area (Å²) in [5.74, 6) is -0.461. The van der Waals surface area contributed by atoms with Gasteiger partial charge in [0, 0.05) is 18.3 Å². The van der Waals surface area contributed by atoms with Crippen molar-refractivity contribution in [3.05, 3.63) is 34.6 Å². The highest BCUT2D eigenvalue weighted by atomic mass is 35.5. The smallest absolute Gasteiger partial charge is 0.221 e. The second kappa shape index (κ2) is 7.47. The molecule has 0 spiro atoms. The molecule has 3 atom stereocenters. The Morgan fingerprint density at radius 2 is 2.38 bits per heavy atom. The molecule has 1 aromatic carbocycles. The van der Waals surface area contributed by atoms with Crippen molar-refractivity contribution >= 4 is 29.3 Å². The van der Waals surface area contributed by atoms with Gasteiger partial charge in [0.15, 0.2) is 0 Å². The van der Waals surface area contributed by atoms with Crippen LogP contribution in [0.15, 0.2) is 18.2 Å². The topological polar surface area (TPSA) is 38.3 Å². The predicted octanol–water partition coefficient (Wildman–Crippen LogP) is 3.57. The average Bonchev–Trinajstić information content (AvgIpc) is 2.89. The minimum Gasteiger partial charge on any atom is -0.371 e. The van der Waals surface area contributed by atoms with Gasteiger partial charge in [0.25, 0.3) is 0 Å². The van der Waals surface area contributed by atoms with E-state index < -0.39 is 5.82 Å². The molecule has 1 amide bonds. The number of nitrogens with one attached hydrogen (secondary N) is 1. The van der Waals surface area contributed by atoms with E-state index in [0.717, 1.165) is 6.42 Å². The second-order valence-electron chi connectivity index (χ2n) is 5.18. The maximum atomic E-state index is 13.6. The van der Waals surface area contributed by atoms with E-state index in [1.165, 1.54) is 12.1 Å². The summed E-state index contributed by atoms with van der Waals surface area (Å²) in [6.45, 7) is 2.57. The number of hydrogen-bond donors (Lipinski definition) is 1. The molecular formula is C15H19ClFNO2S. The van der Waals surface area contributed by atoms with E-state index in [0.29, 0.717) is 18.6 Å². The van der Waals surface area contributed by atoms with Gasteiger partial charge in [-0.1, -0.05) is 24.6 Å². The van der Waals surface area contributed by atoms with Crippen molar-refractivity contribution in [1.29, 1.82) is 0 Å². The molecule has 0 radical (unpaired) electrons. The molecule has 0 bridgehead atoms. The van der Waals surface area contributed by atoms with Gasteiger partial charge in [0.2, 0.25) is 5.91 Å². The fraction of sp³-hybridized carbons (Fsp3) is 0.533. The summed E-state index contributed by atoms with van der Waals surface area (Å²) in [4.78, 5) is 12.0. The molecule has 1 aliphatic heterocycles. The molecule has 2 rings (SSSR count). The van der Waals surface area contributed by atoms with Crippen LogP contribution >= 0.6 is 23.4 Å². The first-order chi connectivity index (χ1) is 10.0. The van der Waals surface area contributed by atoms with Gasteiger partial charge in [-0.3, -0.25) is 4.79 Å². The zero-order valence-corrected chi connectivity index (χ0v) is 13.6. The van der Waals surface area contributed by atoms with Gasteiger partial charge in [-0.2, -0.15) is 11.8 Å². The number of amides is 1. The summed E-state index contributed by atoms with van der Waals surface area (Å²) < 4.78 is 19.2. The Balaban J connectivity index is 2.03. The van der Waals surface area contributed by atoms with Crippen molar-refractivity contribution in [1.82, 2.24) is 5.32 Å². The summed E-state index contributed by atoms with van der Waals surface area (Å²) in [5, 5.41) is 3.36. The fourth-order valence-electron chi connectivity index (χ4n) is 2.37. The van der Waals surface area contributed by atoms with Crippen molar-refractivity contribution < 1.29 is 13.9 Å². The highest BCUT2D eigenvalue weighted by molar-refractivity contribution is 7.99. The zero-order chi connectivity index (χ0) is 15.4. The predicted molar refractivity (Wildman–Crippen MR) is 84.2 cm³/mol. The first-order valence-corrected chi connectivity index (χ1v) is 8.56. The SMILES string of the molecule is CSC(C)CC(=O)N[C@@H]1CCO[C@H]1c1ccc(Cl)c(F)c1.